The van der Waals surface area contributed by atoms with Crippen LogP contribution in [0.25, 0.3) is 0 Å². The third-order valence-electron chi connectivity index (χ3n) is 4.03. The van der Waals surface area contributed by atoms with Crippen LogP contribution in [0, 0.1) is 0 Å². The van der Waals surface area contributed by atoms with Gasteiger partial charge in [0.05, 0.1) is 0 Å². The van der Waals surface area contributed by atoms with Gasteiger partial charge in [0.25, 0.3) is 0 Å². The summed E-state index contributed by atoms with van der Waals surface area (Å²) in [6, 6.07) is 12.2. The van der Waals surface area contributed by atoms with Crippen LogP contribution < -0.4 is 5.32 Å². The molecule has 1 aliphatic rings. The maximum Gasteiger partial charge on any atom is 0.0476 e. The van der Waals surface area contributed by atoms with E-state index in [9.17, 15) is 0 Å². The van der Waals surface area contributed by atoms with Gasteiger partial charge in [0.15, 0.2) is 0 Å². The van der Waals surface area contributed by atoms with E-state index in [1.54, 1.807) is 0 Å². The van der Waals surface area contributed by atoms with Crippen LogP contribution in [-0.4, -0.2) is 30.6 Å². The zero-order valence-electron chi connectivity index (χ0n) is 11.7. The van der Waals surface area contributed by atoms with E-state index in [0.29, 0.717) is 6.04 Å². The molecule has 18 heavy (non-hydrogen) atoms. The molecule has 2 heteroatoms. The number of piperazine rings is 1. The van der Waals surface area contributed by atoms with Crippen molar-refractivity contribution in [2.75, 3.05) is 19.6 Å². The lowest BCUT2D eigenvalue weighted by atomic mass is 9.98. The molecule has 1 saturated heterocycles. The van der Waals surface area contributed by atoms with E-state index in [4.69, 9.17) is 0 Å². The van der Waals surface area contributed by atoms with Gasteiger partial charge < -0.3 is 5.32 Å². The van der Waals surface area contributed by atoms with Crippen LogP contribution in [0.3, 0.4) is 0 Å². The highest BCUT2D eigenvalue weighted by Crippen LogP contribution is 2.27. The highest BCUT2D eigenvalue weighted by Gasteiger charge is 2.28. The van der Waals surface area contributed by atoms with Crippen molar-refractivity contribution in [2.24, 2.45) is 0 Å². The molecule has 2 rings (SSSR count). The largest absolute Gasteiger partial charge is 0.314 e. The highest BCUT2D eigenvalue weighted by molar-refractivity contribution is 5.20. The van der Waals surface area contributed by atoms with Crippen molar-refractivity contribution >= 4 is 0 Å². The van der Waals surface area contributed by atoms with Crippen molar-refractivity contribution in [1.29, 1.82) is 0 Å². The lowest BCUT2D eigenvalue weighted by molar-refractivity contribution is 0.0966. The van der Waals surface area contributed by atoms with Crippen molar-refractivity contribution in [3.05, 3.63) is 35.9 Å². The Morgan fingerprint density at radius 3 is 2.72 bits per heavy atom. The van der Waals surface area contributed by atoms with Gasteiger partial charge >= 0.3 is 0 Å². The van der Waals surface area contributed by atoms with Gasteiger partial charge in [-0.05, 0) is 18.4 Å². The average molecular weight is 246 g/mol. The second-order valence-corrected chi connectivity index (χ2v) is 5.22. The first-order valence-corrected chi connectivity index (χ1v) is 7.38. The van der Waals surface area contributed by atoms with Crippen LogP contribution in [0.2, 0.25) is 0 Å². The van der Waals surface area contributed by atoms with Crippen LogP contribution in [0.15, 0.2) is 30.3 Å². The lowest BCUT2D eigenvalue weighted by Gasteiger charge is -2.41. The van der Waals surface area contributed by atoms with Crippen molar-refractivity contribution in [1.82, 2.24) is 10.2 Å². The molecule has 0 bridgehead atoms. The van der Waals surface area contributed by atoms with Gasteiger partial charge in [-0.3, -0.25) is 4.90 Å². The molecule has 0 aliphatic carbocycles. The van der Waals surface area contributed by atoms with Crippen molar-refractivity contribution in [3.8, 4) is 0 Å². The summed E-state index contributed by atoms with van der Waals surface area (Å²) >= 11 is 0. The molecule has 1 aromatic carbocycles. The first-order chi connectivity index (χ1) is 8.86. The molecular weight excluding hydrogens is 220 g/mol. The Labute approximate surface area is 111 Å². The molecule has 1 aliphatic heterocycles. The van der Waals surface area contributed by atoms with E-state index >= 15 is 0 Å². The monoisotopic (exact) mass is 246 g/mol. The topological polar surface area (TPSA) is 15.3 Å². The quantitative estimate of drug-likeness (QED) is 0.858. The number of benzene rings is 1. The smallest absolute Gasteiger partial charge is 0.0476 e. The average Bonchev–Trinajstić information content (AvgIpc) is 2.46. The summed E-state index contributed by atoms with van der Waals surface area (Å²) in [4.78, 5) is 2.72. The fourth-order valence-electron chi connectivity index (χ4n) is 3.08. The Bertz CT molecular complexity index is 336. The third kappa shape index (κ3) is 3.12. The number of hydrogen-bond acceptors (Lipinski definition) is 2. The number of hydrogen-bond donors (Lipinski definition) is 1. The van der Waals surface area contributed by atoms with Gasteiger partial charge in [-0.15, -0.1) is 0 Å². The van der Waals surface area contributed by atoms with Crippen LogP contribution in [0.4, 0.5) is 0 Å². The van der Waals surface area contributed by atoms with Crippen molar-refractivity contribution < 1.29 is 0 Å². The predicted molar refractivity (Wildman–Crippen MR) is 77.7 cm³/mol. The van der Waals surface area contributed by atoms with Crippen LogP contribution in [0.5, 0.6) is 0 Å². The summed E-state index contributed by atoms with van der Waals surface area (Å²) < 4.78 is 0. The van der Waals surface area contributed by atoms with E-state index in [1.807, 2.05) is 0 Å². The van der Waals surface area contributed by atoms with Crippen molar-refractivity contribution in [3.63, 3.8) is 0 Å². The minimum absolute atomic E-state index is 0.552. The predicted octanol–water partition coefficient (Wildman–Crippen LogP) is 3.21. The molecule has 0 radical (unpaired) electrons. The van der Waals surface area contributed by atoms with E-state index < -0.39 is 0 Å². The number of nitrogens with one attached hydrogen (secondary N) is 1. The van der Waals surface area contributed by atoms with Gasteiger partial charge in [-0.2, -0.15) is 0 Å². The molecule has 2 atom stereocenters. The fraction of sp³-hybridized carbons (Fsp3) is 0.625. The second-order valence-electron chi connectivity index (χ2n) is 5.22. The number of rotatable bonds is 5. The standard InChI is InChI=1S/C16H26N2/c1-3-8-15(4-2)18-12-11-17-13-16(18)14-9-6-5-7-10-14/h5-7,9-10,15-17H,3-4,8,11-13H2,1-2H3. The fourth-order valence-corrected chi connectivity index (χ4v) is 3.08. The molecule has 1 N–H and O–H groups in total. The molecular formula is C16H26N2. The molecule has 100 valence electrons. The highest BCUT2D eigenvalue weighted by atomic mass is 15.2. The number of nitrogens with zero attached hydrogens (tertiary/aromatic N) is 1. The maximum absolute atomic E-state index is 3.54. The minimum atomic E-state index is 0.552. The molecule has 0 spiro atoms. The molecule has 1 aromatic rings. The van der Waals surface area contributed by atoms with Gasteiger partial charge in [-0.25, -0.2) is 0 Å². The SMILES string of the molecule is CCCC(CC)N1CCNCC1c1ccccc1. The lowest BCUT2D eigenvalue weighted by Crippen LogP contribution is -2.50. The Kier molecular flexibility index (Phi) is 5.21. The second kappa shape index (κ2) is 6.91. The Morgan fingerprint density at radius 2 is 2.06 bits per heavy atom. The minimum Gasteiger partial charge on any atom is -0.314 e. The van der Waals surface area contributed by atoms with E-state index in [1.165, 1.54) is 31.4 Å². The van der Waals surface area contributed by atoms with E-state index in [-0.39, 0.29) is 0 Å². The normalized spacial score (nSPS) is 22.9. The van der Waals surface area contributed by atoms with Crippen LogP contribution in [-0.2, 0) is 0 Å². The summed E-state index contributed by atoms with van der Waals surface area (Å²) in [6.07, 6.45) is 3.86. The molecule has 0 saturated carbocycles. The summed E-state index contributed by atoms with van der Waals surface area (Å²) in [5.41, 5.74) is 1.46. The summed E-state index contributed by atoms with van der Waals surface area (Å²) in [7, 11) is 0. The first kappa shape index (κ1) is 13.6. The van der Waals surface area contributed by atoms with Gasteiger partial charge in [0.2, 0.25) is 0 Å². The van der Waals surface area contributed by atoms with Gasteiger partial charge in [-0.1, -0.05) is 50.6 Å². The first-order valence-electron chi connectivity index (χ1n) is 7.38. The van der Waals surface area contributed by atoms with Gasteiger partial charge in [0.1, 0.15) is 0 Å². The molecule has 0 amide bonds. The zero-order valence-corrected chi connectivity index (χ0v) is 11.7. The summed E-state index contributed by atoms with van der Waals surface area (Å²) in [5, 5.41) is 3.54. The Morgan fingerprint density at radius 1 is 1.28 bits per heavy atom. The Balaban J connectivity index is 2.15. The van der Waals surface area contributed by atoms with Crippen molar-refractivity contribution in [2.45, 2.75) is 45.2 Å². The Hall–Kier alpha value is -0.860. The molecule has 1 heterocycles. The summed E-state index contributed by atoms with van der Waals surface area (Å²) in [5.74, 6) is 0. The molecule has 0 aromatic heterocycles. The molecule has 2 unspecified atom stereocenters. The third-order valence-corrected chi connectivity index (χ3v) is 4.03. The van der Waals surface area contributed by atoms with Gasteiger partial charge in [0, 0.05) is 31.7 Å². The maximum atomic E-state index is 3.54. The van der Waals surface area contributed by atoms with E-state index in [2.05, 4.69) is 54.4 Å². The molecule has 2 nitrogen and oxygen atoms in total. The summed E-state index contributed by atoms with van der Waals surface area (Å²) in [6.45, 7) is 8.01. The zero-order chi connectivity index (χ0) is 12.8. The van der Waals surface area contributed by atoms with Crippen LogP contribution in [0.1, 0.15) is 44.7 Å². The van der Waals surface area contributed by atoms with Crippen LogP contribution >= 0.6 is 0 Å². The van der Waals surface area contributed by atoms with E-state index in [0.717, 1.165) is 19.1 Å². The molecule has 1 fully saturated rings.